The minimum absolute atomic E-state index is 0.270. The van der Waals surface area contributed by atoms with E-state index < -0.39 is 10.1 Å². The van der Waals surface area contributed by atoms with Crippen LogP contribution in [0.4, 0.5) is 0 Å². The Kier molecular flexibility index (Phi) is 6.71. The van der Waals surface area contributed by atoms with E-state index in [9.17, 15) is 8.42 Å². The molecule has 1 aromatic rings. The average molecular weight is 594 g/mol. The Morgan fingerprint density at radius 2 is 1.71 bits per heavy atom. The smallest absolute Gasteiger partial charge is 0.264 e. The van der Waals surface area contributed by atoms with Crippen LogP contribution >= 0.6 is 67.8 Å². The lowest BCUT2D eigenvalue weighted by atomic mass is 10.3. The van der Waals surface area contributed by atoms with Crippen molar-refractivity contribution in [2.45, 2.75) is 6.42 Å². The van der Waals surface area contributed by atoms with Crippen molar-refractivity contribution in [2.24, 2.45) is 0 Å². The van der Waals surface area contributed by atoms with Crippen LogP contribution in [0.25, 0.3) is 0 Å². The second kappa shape index (κ2) is 7.05. The van der Waals surface area contributed by atoms with Gasteiger partial charge in [0, 0.05) is 3.57 Å². The Morgan fingerprint density at radius 3 is 2.18 bits per heavy atom. The zero-order chi connectivity index (χ0) is 13.1. The monoisotopic (exact) mass is 594 g/mol. The maximum atomic E-state index is 10.5. The SMILES string of the molecule is O=S(=O)(O)CCCOc1c(I)cc(I)cc1I. The standard InChI is InChI=1S/C9H9I3O4S/c10-6-4-7(11)9(8(12)5-6)16-2-1-3-17(13,14)15/h4-5H,1-3H2,(H,13,14,15). The van der Waals surface area contributed by atoms with Crippen LogP contribution < -0.4 is 4.74 Å². The fraction of sp³-hybridized carbons (Fsp3) is 0.333. The van der Waals surface area contributed by atoms with Gasteiger partial charge in [-0.05, 0) is 86.3 Å². The predicted molar refractivity (Wildman–Crippen MR) is 91.1 cm³/mol. The first-order valence-electron chi connectivity index (χ1n) is 4.52. The van der Waals surface area contributed by atoms with Gasteiger partial charge in [0.05, 0.1) is 19.5 Å². The maximum Gasteiger partial charge on any atom is 0.264 e. The van der Waals surface area contributed by atoms with Crippen molar-refractivity contribution in [1.82, 2.24) is 0 Å². The highest BCUT2D eigenvalue weighted by atomic mass is 127. The summed E-state index contributed by atoms with van der Waals surface area (Å²) in [6.45, 7) is 0.270. The first kappa shape index (κ1) is 16.2. The summed E-state index contributed by atoms with van der Waals surface area (Å²) in [5, 5.41) is 0. The minimum Gasteiger partial charge on any atom is -0.491 e. The van der Waals surface area contributed by atoms with E-state index in [1.54, 1.807) is 0 Å². The van der Waals surface area contributed by atoms with Crippen molar-refractivity contribution in [3.05, 3.63) is 22.8 Å². The second-order valence-corrected chi connectivity index (χ2v) is 8.33. The average Bonchev–Trinajstić information content (AvgIpc) is 2.13. The largest absolute Gasteiger partial charge is 0.491 e. The molecule has 0 amide bonds. The highest BCUT2D eigenvalue weighted by Gasteiger charge is 2.09. The second-order valence-electron chi connectivity index (χ2n) is 3.19. The van der Waals surface area contributed by atoms with E-state index in [0.717, 1.165) is 16.5 Å². The van der Waals surface area contributed by atoms with Crippen molar-refractivity contribution >= 4 is 77.9 Å². The van der Waals surface area contributed by atoms with E-state index in [-0.39, 0.29) is 18.8 Å². The molecule has 0 unspecified atom stereocenters. The Hall–Kier alpha value is 1.12. The van der Waals surface area contributed by atoms with Gasteiger partial charge in [-0.15, -0.1) is 0 Å². The van der Waals surface area contributed by atoms with E-state index in [4.69, 9.17) is 9.29 Å². The summed E-state index contributed by atoms with van der Waals surface area (Å²) in [5.74, 6) is 0.492. The molecule has 0 heterocycles. The van der Waals surface area contributed by atoms with Crippen LogP contribution in [0.2, 0.25) is 0 Å². The molecule has 0 bridgehead atoms. The predicted octanol–water partition coefficient (Wildman–Crippen LogP) is 3.16. The Balaban J connectivity index is 2.58. The molecule has 0 aromatic heterocycles. The van der Waals surface area contributed by atoms with Gasteiger partial charge in [-0.25, -0.2) is 0 Å². The molecule has 0 aliphatic rings. The Labute approximate surface area is 141 Å². The summed E-state index contributed by atoms with van der Waals surface area (Å²) < 4.78 is 38.2. The third-order valence-corrected chi connectivity index (χ3v) is 4.79. The molecule has 0 aliphatic carbocycles. The van der Waals surface area contributed by atoms with Crippen LogP contribution in [0.3, 0.4) is 0 Å². The van der Waals surface area contributed by atoms with E-state index >= 15 is 0 Å². The highest BCUT2D eigenvalue weighted by Crippen LogP contribution is 2.29. The van der Waals surface area contributed by atoms with Crippen LogP contribution in [-0.4, -0.2) is 25.3 Å². The van der Waals surface area contributed by atoms with Crippen LogP contribution in [0.5, 0.6) is 5.75 Å². The molecular weight excluding hydrogens is 585 g/mol. The lowest BCUT2D eigenvalue weighted by molar-refractivity contribution is 0.311. The summed E-state index contributed by atoms with van der Waals surface area (Å²) in [7, 11) is -3.89. The molecule has 0 saturated heterocycles. The van der Waals surface area contributed by atoms with Gasteiger partial charge in [0.2, 0.25) is 0 Å². The molecule has 1 N–H and O–H groups in total. The molecule has 96 valence electrons. The minimum atomic E-state index is -3.89. The Bertz CT molecular complexity index is 478. The molecule has 0 radical (unpaired) electrons. The molecule has 0 spiro atoms. The van der Waals surface area contributed by atoms with Crippen LogP contribution in [-0.2, 0) is 10.1 Å². The van der Waals surface area contributed by atoms with Gasteiger partial charge >= 0.3 is 0 Å². The van der Waals surface area contributed by atoms with Crippen molar-refractivity contribution in [3.63, 3.8) is 0 Å². The third-order valence-electron chi connectivity index (χ3n) is 1.76. The highest BCUT2D eigenvalue weighted by molar-refractivity contribution is 14.1. The number of benzene rings is 1. The quantitative estimate of drug-likeness (QED) is 0.324. The fourth-order valence-corrected chi connectivity index (χ4v) is 5.46. The summed E-state index contributed by atoms with van der Waals surface area (Å²) in [5.41, 5.74) is 0. The molecule has 17 heavy (non-hydrogen) atoms. The fourth-order valence-electron chi connectivity index (χ4n) is 1.08. The summed E-state index contributed by atoms with van der Waals surface area (Å²) in [6, 6.07) is 3.98. The van der Waals surface area contributed by atoms with E-state index in [2.05, 4.69) is 67.8 Å². The zero-order valence-corrected chi connectivity index (χ0v) is 15.8. The van der Waals surface area contributed by atoms with Crippen molar-refractivity contribution in [3.8, 4) is 5.75 Å². The topological polar surface area (TPSA) is 63.6 Å². The van der Waals surface area contributed by atoms with E-state index in [1.807, 2.05) is 12.1 Å². The van der Waals surface area contributed by atoms with Crippen molar-refractivity contribution in [1.29, 1.82) is 0 Å². The first-order chi connectivity index (χ1) is 7.79. The van der Waals surface area contributed by atoms with Gasteiger partial charge in [0.1, 0.15) is 5.75 Å². The Morgan fingerprint density at radius 1 is 1.18 bits per heavy atom. The van der Waals surface area contributed by atoms with Gasteiger partial charge < -0.3 is 4.74 Å². The third kappa shape index (κ3) is 6.20. The molecule has 4 nitrogen and oxygen atoms in total. The van der Waals surface area contributed by atoms with Gasteiger partial charge in [-0.2, -0.15) is 8.42 Å². The zero-order valence-electron chi connectivity index (χ0n) is 8.49. The number of halogens is 3. The summed E-state index contributed by atoms with van der Waals surface area (Å²) in [4.78, 5) is 0. The molecule has 1 aromatic carbocycles. The van der Waals surface area contributed by atoms with Gasteiger partial charge in [0.15, 0.2) is 0 Å². The molecule has 1 rings (SSSR count). The summed E-state index contributed by atoms with van der Waals surface area (Å²) >= 11 is 6.58. The molecule has 0 fully saturated rings. The molecule has 0 aliphatic heterocycles. The normalized spacial score (nSPS) is 11.5. The molecule has 0 saturated carbocycles. The lowest BCUT2D eigenvalue weighted by Crippen LogP contribution is -2.09. The van der Waals surface area contributed by atoms with Crippen molar-refractivity contribution in [2.75, 3.05) is 12.4 Å². The van der Waals surface area contributed by atoms with Gasteiger partial charge in [0.25, 0.3) is 10.1 Å². The maximum absolute atomic E-state index is 10.5. The molecular formula is C9H9I3O4S. The first-order valence-corrected chi connectivity index (χ1v) is 9.36. The summed E-state index contributed by atoms with van der Waals surface area (Å²) in [6.07, 6.45) is 0.275. The van der Waals surface area contributed by atoms with Crippen molar-refractivity contribution < 1.29 is 17.7 Å². The van der Waals surface area contributed by atoms with Crippen LogP contribution in [0.15, 0.2) is 12.1 Å². The molecule has 0 atom stereocenters. The van der Waals surface area contributed by atoms with Gasteiger partial charge in [-0.3, -0.25) is 4.55 Å². The van der Waals surface area contributed by atoms with E-state index in [0.29, 0.717) is 0 Å². The lowest BCUT2D eigenvalue weighted by Gasteiger charge is -2.10. The molecule has 8 heteroatoms. The number of ether oxygens (including phenoxy) is 1. The van der Waals surface area contributed by atoms with Crippen LogP contribution in [0, 0.1) is 10.7 Å². The van der Waals surface area contributed by atoms with Crippen LogP contribution in [0.1, 0.15) is 6.42 Å². The van der Waals surface area contributed by atoms with E-state index in [1.165, 1.54) is 0 Å². The van der Waals surface area contributed by atoms with Gasteiger partial charge in [-0.1, -0.05) is 0 Å². The number of hydrogen-bond acceptors (Lipinski definition) is 3. The number of rotatable bonds is 5. The number of hydrogen-bond donors (Lipinski definition) is 1.